The third kappa shape index (κ3) is 8.27. The summed E-state index contributed by atoms with van der Waals surface area (Å²) in [5, 5.41) is 8.23. The van der Waals surface area contributed by atoms with Crippen LogP contribution in [-0.2, 0) is 0 Å². The molecule has 1 aliphatic rings. The zero-order valence-corrected chi connectivity index (χ0v) is 15.7. The Labute approximate surface area is 151 Å². The van der Waals surface area contributed by atoms with Crippen LogP contribution in [0.4, 0.5) is 25.2 Å². The van der Waals surface area contributed by atoms with Crippen LogP contribution < -0.4 is 4.84 Å². The van der Waals surface area contributed by atoms with Crippen molar-refractivity contribution in [2.45, 2.75) is 25.6 Å². The Balaban J connectivity index is 0.000000321. The van der Waals surface area contributed by atoms with Crippen LogP contribution in [-0.4, -0.2) is 58.5 Å². The number of aromatic nitrogens is 3. The maximum absolute atomic E-state index is 10.7. The molecule has 1 unspecified atom stereocenters. The molecule has 1 aromatic carbocycles. The molecule has 13 heteroatoms. The first-order valence-electron chi connectivity index (χ1n) is 8.15. The van der Waals surface area contributed by atoms with Gasteiger partial charge in [0.1, 0.15) is 11.0 Å². The van der Waals surface area contributed by atoms with Crippen molar-refractivity contribution in [1.29, 1.82) is 0 Å². The predicted octanol–water partition coefficient (Wildman–Crippen LogP) is 4.57. The number of piperidine rings is 1. The number of halogens is 6. The van der Waals surface area contributed by atoms with E-state index >= 15 is 0 Å². The van der Waals surface area contributed by atoms with Crippen LogP contribution >= 0.6 is 7.81 Å². The van der Waals surface area contributed by atoms with Crippen molar-refractivity contribution >= 4 is 18.8 Å². The second-order valence-electron chi connectivity index (χ2n) is 6.40. The monoisotopic (exact) mass is 420 g/mol. The Hall–Kier alpha value is -1.65. The number of benzene rings is 1. The first kappa shape index (κ1) is 21.6. The fourth-order valence-electron chi connectivity index (χ4n) is 2.64. The minimum absolute atomic E-state index is 0.111. The molecule has 0 spiro atoms. The van der Waals surface area contributed by atoms with Crippen molar-refractivity contribution in [3.05, 3.63) is 24.3 Å². The van der Waals surface area contributed by atoms with Gasteiger partial charge in [0, 0.05) is 13.1 Å². The van der Waals surface area contributed by atoms with Gasteiger partial charge in [0.2, 0.25) is 6.35 Å². The van der Waals surface area contributed by atoms with Crippen LogP contribution in [0.5, 0.6) is 0 Å². The molecule has 1 atom stereocenters. The van der Waals surface area contributed by atoms with Crippen molar-refractivity contribution in [3.8, 4) is 0 Å². The second kappa shape index (κ2) is 7.06. The molecule has 2 heterocycles. The van der Waals surface area contributed by atoms with E-state index < -0.39 is 7.81 Å². The molecule has 27 heavy (non-hydrogen) atoms. The van der Waals surface area contributed by atoms with E-state index in [9.17, 15) is 25.2 Å². The average molecular weight is 420 g/mol. The van der Waals surface area contributed by atoms with Crippen molar-refractivity contribution in [2.75, 3.05) is 27.2 Å². The molecule has 1 aromatic heterocycles. The number of hydrogen-bond donors (Lipinski definition) is 0. The molecule has 1 fully saturated rings. The Kier molecular flexibility index (Phi) is 5.66. The van der Waals surface area contributed by atoms with E-state index in [4.69, 9.17) is 4.84 Å². The van der Waals surface area contributed by atoms with Gasteiger partial charge in [-0.2, -0.15) is 0 Å². The Morgan fingerprint density at radius 1 is 1.00 bits per heavy atom. The van der Waals surface area contributed by atoms with Gasteiger partial charge in [-0.3, -0.25) is 9.80 Å². The van der Waals surface area contributed by atoms with Crippen molar-refractivity contribution in [1.82, 2.24) is 25.0 Å². The van der Waals surface area contributed by atoms with E-state index in [2.05, 4.69) is 20.1 Å². The summed E-state index contributed by atoms with van der Waals surface area (Å²) in [5.74, 6) is 0. The number of para-hydroxylation sites is 1. The van der Waals surface area contributed by atoms with E-state index in [0.717, 1.165) is 24.1 Å². The zero-order valence-electron chi connectivity index (χ0n) is 14.8. The molecule has 0 amide bonds. The SMILES string of the molecule is CN(C)C(On1nnc2ccccc21)N1CCCCC1.F[P-](F)(F)(F)(F)F. The van der Waals surface area contributed by atoms with Crippen LogP contribution in [0.15, 0.2) is 24.3 Å². The molecule has 0 N–H and O–H groups in total. The van der Waals surface area contributed by atoms with Gasteiger partial charge in [0.05, 0.1) is 0 Å². The van der Waals surface area contributed by atoms with Crippen molar-refractivity contribution in [2.24, 2.45) is 0 Å². The predicted molar refractivity (Wildman–Crippen MR) is 90.6 cm³/mol. The normalized spacial score (nSPS) is 19.7. The van der Waals surface area contributed by atoms with E-state index in [1.54, 1.807) is 0 Å². The van der Waals surface area contributed by atoms with Gasteiger partial charge in [-0.05, 0) is 44.3 Å². The third-order valence-electron chi connectivity index (χ3n) is 3.66. The summed E-state index contributed by atoms with van der Waals surface area (Å²) in [6, 6.07) is 7.83. The fraction of sp³-hybridized carbons (Fsp3) is 0.571. The Bertz CT molecular complexity index is 749. The molecule has 0 radical (unpaired) electrons. The van der Waals surface area contributed by atoms with Gasteiger partial charge < -0.3 is 4.84 Å². The van der Waals surface area contributed by atoms with Crippen molar-refractivity contribution in [3.63, 3.8) is 0 Å². The van der Waals surface area contributed by atoms with E-state index in [0.29, 0.717) is 0 Å². The van der Waals surface area contributed by atoms with Gasteiger partial charge in [-0.15, -0.1) is 5.10 Å². The number of rotatable bonds is 4. The van der Waals surface area contributed by atoms with Gasteiger partial charge in [0.25, 0.3) is 0 Å². The molecule has 1 saturated heterocycles. The number of fused-ring (bicyclic) bond motifs is 1. The van der Waals surface area contributed by atoms with Crippen LogP contribution in [0.1, 0.15) is 19.3 Å². The van der Waals surface area contributed by atoms with Gasteiger partial charge in [-0.1, -0.05) is 23.4 Å². The molecule has 2 aromatic rings. The zero-order chi connectivity index (χ0) is 20.4. The molecule has 0 bridgehead atoms. The quantitative estimate of drug-likeness (QED) is 0.412. The summed E-state index contributed by atoms with van der Waals surface area (Å²) in [7, 11) is -6.61. The van der Waals surface area contributed by atoms with Gasteiger partial charge >= 0.3 is 33.0 Å². The van der Waals surface area contributed by atoms with Gasteiger partial charge in [-0.25, -0.2) is 0 Å². The van der Waals surface area contributed by atoms with E-state index in [1.807, 2.05) is 38.4 Å². The Morgan fingerprint density at radius 2 is 1.56 bits per heavy atom. The van der Waals surface area contributed by atoms with Gasteiger partial charge in [0.15, 0.2) is 0 Å². The van der Waals surface area contributed by atoms with Crippen molar-refractivity contribution < 1.29 is 30.0 Å². The third-order valence-corrected chi connectivity index (χ3v) is 3.66. The molecule has 6 nitrogen and oxygen atoms in total. The van der Waals surface area contributed by atoms with Crippen LogP contribution in [0.25, 0.3) is 11.0 Å². The van der Waals surface area contributed by atoms with Crippen LogP contribution in [0.3, 0.4) is 0 Å². The summed E-state index contributed by atoms with van der Waals surface area (Å²) in [4.78, 5) is 12.0. The van der Waals surface area contributed by atoms with E-state index in [-0.39, 0.29) is 6.35 Å². The molecular weight excluding hydrogens is 399 g/mol. The van der Waals surface area contributed by atoms with Crippen LogP contribution in [0, 0.1) is 0 Å². The topological polar surface area (TPSA) is 46.4 Å². The number of nitrogens with zero attached hydrogens (tertiary/aromatic N) is 5. The molecule has 156 valence electrons. The summed E-state index contributed by atoms with van der Waals surface area (Å²) < 4.78 is 59.2. The summed E-state index contributed by atoms with van der Waals surface area (Å²) >= 11 is 0. The fourth-order valence-corrected chi connectivity index (χ4v) is 2.64. The summed E-state index contributed by atoms with van der Waals surface area (Å²) in [5.41, 5.74) is 1.75. The molecule has 0 aliphatic carbocycles. The standard InChI is InChI=1S/C14H21N5O.F6P/c1-17(2)14(18-10-6-3-7-11-18)20-19-13-9-5-4-8-12(13)15-16-19;1-7(2,3,4,5)6/h4-5,8-9,14H,3,6-7,10-11H2,1-2H3;/q;-1. The second-order valence-corrected chi connectivity index (χ2v) is 8.32. The maximum atomic E-state index is 9.87. The summed E-state index contributed by atoms with van der Waals surface area (Å²) in [6.45, 7) is 2.13. The number of hydrogen-bond acceptors (Lipinski definition) is 5. The summed E-state index contributed by atoms with van der Waals surface area (Å²) in [6.07, 6.45) is 3.65. The molecular formula is C14H21F6N5OP-. The van der Waals surface area contributed by atoms with Crippen LogP contribution in [0.2, 0.25) is 0 Å². The van der Waals surface area contributed by atoms with E-state index in [1.165, 1.54) is 24.1 Å². The molecule has 0 saturated carbocycles. The average Bonchev–Trinajstić information content (AvgIpc) is 2.93. The first-order valence-corrected chi connectivity index (χ1v) is 10.2. The minimum atomic E-state index is -10.7. The Morgan fingerprint density at radius 3 is 2.11 bits per heavy atom. The molecule has 1 aliphatic heterocycles. The molecule has 3 rings (SSSR count). The number of likely N-dealkylation sites (tertiary alicyclic amines) is 1. The first-order chi connectivity index (χ1) is 12.2.